The molecule has 5 nitrogen and oxygen atoms in total. The van der Waals surface area contributed by atoms with Crippen molar-refractivity contribution in [3.05, 3.63) is 28.2 Å². The molecule has 2 aliphatic rings. The molecular formula is C25H39BrN2O3. The van der Waals surface area contributed by atoms with Crippen LogP contribution in [0.25, 0.3) is 0 Å². The molecule has 3 rings (SSSR count). The number of benzene rings is 1. The monoisotopic (exact) mass is 494 g/mol. The zero-order valence-corrected chi connectivity index (χ0v) is 20.8. The van der Waals surface area contributed by atoms with E-state index in [-0.39, 0.29) is 12.5 Å². The van der Waals surface area contributed by atoms with E-state index in [9.17, 15) is 4.79 Å². The number of hydrogen-bond acceptors (Lipinski definition) is 4. The molecule has 1 aliphatic carbocycles. The molecular weight excluding hydrogens is 456 g/mol. The van der Waals surface area contributed by atoms with Gasteiger partial charge in [-0.2, -0.15) is 0 Å². The van der Waals surface area contributed by atoms with Crippen molar-refractivity contribution in [3.63, 3.8) is 0 Å². The predicted molar refractivity (Wildman–Crippen MR) is 129 cm³/mol. The summed E-state index contributed by atoms with van der Waals surface area (Å²) >= 11 is 3.70. The first-order chi connectivity index (χ1) is 15.1. The summed E-state index contributed by atoms with van der Waals surface area (Å²) in [6.07, 6.45) is 11.1. The van der Waals surface area contributed by atoms with Gasteiger partial charge in [0, 0.05) is 17.6 Å². The molecule has 1 heterocycles. The first-order valence-corrected chi connectivity index (χ1v) is 12.7. The lowest BCUT2D eigenvalue weighted by atomic mass is 9.83. The van der Waals surface area contributed by atoms with Gasteiger partial charge in [0.15, 0.2) is 0 Å². The standard InChI is InChI=1S/C25H39BrN2O3/c1-30-18-25(29)27-22-7-5-19(6-8-22)4-3-13-28-14-11-20(12-15-28)16-21-17-23(31-2)9-10-24(21)26/h9-10,17,19-20,22H,3-8,11-16,18H2,1-2H3,(H,27,29)/t19-,22-. The van der Waals surface area contributed by atoms with Gasteiger partial charge >= 0.3 is 0 Å². The Balaban J connectivity index is 1.29. The van der Waals surface area contributed by atoms with Crippen molar-refractivity contribution >= 4 is 21.8 Å². The molecule has 1 saturated carbocycles. The molecule has 1 saturated heterocycles. The Morgan fingerprint density at radius 2 is 1.84 bits per heavy atom. The number of halogens is 1. The normalized spacial score (nSPS) is 22.9. The van der Waals surface area contributed by atoms with Crippen LogP contribution in [-0.2, 0) is 16.0 Å². The van der Waals surface area contributed by atoms with Crippen molar-refractivity contribution in [3.8, 4) is 5.75 Å². The number of nitrogens with one attached hydrogen (secondary N) is 1. The van der Waals surface area contributed by atoms with E-state index in [0.717, 1.165) is 36.8 Å². The molecule has 174 valence electrons. The minimum absolute atomic E-state index is 0.0214. The topological polar surface area (TPSA) is 50.8 Å². The van der Waals surface area contributed by atoms with E-state index < -0.39 is 0 Å². The number of methoxy groups -OCH3 is 2. The van der Waals surface area contributed by atoms with Crippen LogP contribution in [0.3, 0.4) is 0 Å². The Morgan fingerprint density at radius 1 is 1.10 bits per heavy atom. The molecule has 0 bridgehead atoms. The van der Waals surface area contributed by atoms with Crippen molar-refractivity contribution in [2.75, 3.05) is 40.5 Å². The highest BCUT2D eigenvalue weighted by Crippen LogP contribution is 2.30. The van der Waals surface area contributed by atoms with Crippen LogP contribution in [-0.4, -0.2) is 57.3 Å². The molecule has 0 atom stereocenters. The lowest BCUT2D eigenvalue weighted by Crippen LogP contribution is -2.39. The number of carbonyl (C=O) groups is 1. The summed E-state index contributed by atoms with van der Waals surface area (Å²) in [6.45, 7) is 3.86. The third-order valence-corrected chi connectivity index (χ3v) is 7.82. The minimum Gasteiger partial charge on any atom is -0.497 e. The Bertz CT molecular complexity index is 683. The van der Waals surface area contributed by atoms with Crippen molar-refractivity contribution in [1.29, 1.82) is 0 Å². The van der Waals surface area contributed by atoms with Gasteiger partial charge in [0.1, 0.15) is 12.4 Å². The number of hydrogen-bond donors (Lipinski definition) is 1. The van der Waals surface area contributed by atoms with E-state index in [1.54, 1.807) is 14.2 Å². The zero-order valence-electron chi connectivity index (χ0n) is 19.2. The number of amides is 1. The predicted octanol–water partition coefficient (Wildman–Crippen LogP) is 4.81. The fourth-order valence-corrected chi connectivity index (χ4v) is 5.57. The summed E-state index contributed by atoms with van der Waals surface area (Å²) in [5.74, 6) is 2.57. The maximum absolute atomic E-state index is 11.7. The van der Waals surface area contributed by atoms with Gasteiger partial charge in [-0.25, -0.2) is 0 Å². The van der Waals surface area contributed by atoms with Gasteiger partial charge in [-0.05, 0) is 113 Å². The average Bonchev–Trinajstić information content (AvgIpc) is 2.78. The van der Waals surface area contributed by atoms with Crippen LogP contribution in [0, 0.1) is 11.8 Å². The molecule has 1 aromatic rings. The highest BCUT2D eigenvalue weighted by molar-refractivity contribution is 9.10. The number of ether oxygens (including phenoxy) is 2. The van der Waals surface area contributed by atoms with Crippen LogP contribution in [0.15, 0.2) is 22.7 Å². The lowest BCUT2D eigenvalue weighted by molar-refractivity contribution is -0.125. The van der Waals surface area contributed by atoms with E-state index >= 15 is 0 Å². The van der Waals surface area contributed by atoms with Gasteiger partial charge in [-0.1, -0.05) is 15.9 Å². The van der Waals surface area contributed by atoms with E-state index in [2.05, 4.69) is 38.3 Å². The number of carbonyl (C=O) groups excluding carboxylic acids is 1. The minimum atomic E-state index is 0.0214. The van der Waals surface area contributed by atoms with E-state index in [4.69, 9.17) is 9.47 Å². The SMILES string of the molecule is COCC(=O)N[C@H]1CC[C@H](CCCN2CCC(Cc3cc(OC)ccc3Br)CC2)CC1. The van der Waals surface area contributed by atoms with Crippen LogP contribution in [0.4, 0.5) is 0 Å². The smallest absolute Gasteiger partial charge is 0.246 e. The van der Waals surface area contributed by atoms with Crippen LogP contribution in [0.2, 0.25) is 0 Å². The molecule has 0 radical (unpaired) electrons. The Kier molecular flexibility index (Phi) is 10.1. The summed E-state index contributed by atoms with van der Waals surface area (Å²) in [6, 6.07) is 6.64. The van der Waals surface area contributed by atoms with Gasteiger partial charge in [-0.15, -0.1) is 0 Å². The number of rotatable bonds is 10. The van der Waals surface area contributed by atoms with Crippen LogP contribution in [0.1, 0.15) is 56.9 Å². The van der Waals surface area contributed by atoms with Crippen molar-refractivity contribution in [1.82, 2.24) is 10.2 Å². The van der Waals surface area contributed by atoms with E-state index in [0.29, 0.717) is 6.04 Å². The van der Waals surface area contributed by atoms with Crippen LogP contribution < -0.4 is 10.1 Å². The second-order valence-electron chi connectivity index (χ2n) is 9.31. The van der Waals surface area contributed by atoms with Crippen LogP contribution >= 0.6 is 15.9 Å². The molecule has 1 aromatic carbocycles. The molecule has 1 aliphatic heterocycles. The molecule has 1 N–H and O–H groups in total. The summed E-state index contributed by atoms with van der Waals surface area (Å²) < 4.78 is 11.5. The first-order valence-electron chi connectivity index (χ1n) is 11.9. The summed E-state index contributed by atoms with van der Waals surface area (Å²) in [7, 11) is 3.30. The molecule has 0 unspecified atom stereocenters. The fraction of sp³-hybridized carbons (Fsp3) is 0.720. The highest BCUT2D eigenvalue weighted by atomic mass is 79.9. The van der Waals surface area contributed by atoms with Crippen LogP contribution in [0.5, 0.6) is 5.75 Å². The van der Waals surface area contributed by atoms with Gasteiger partial charge in [0.2, 0.25) is 5.91 Å². The molecule has 1 amide bonds. The first kappa shape index (κ1) is 24.5. The average molecular weight is 496 g/mol. The van der Waals surface area contributed by atoms with Gasteiger partial charge in [0.05, 0.1) is 7.11 Å². The highest BCUT2D eigenvalue weighted by Gasteiger charge is 2.23. The lowest BCUT2D eigenvalue weighted by Gasteiger charge is -2.33. The van der Waals surface area contributed by atoms with Gasteiger partial charge in [-0.3, -0.25) is 4.79 Å². The van der Waals surface area contributed by atoms with Crippen molar-refractivity contribution in [2.24, 2.45) is 11.8 Å². The van der Waals surface area contributed by atoms with E-state index in [1.807, 2.05) is 6.07 Å². The molecule has 2 fully saturated rings. The summed E-state index contributed by atoms with van der Waals surface area (Å²) in [4.78, 5) is 14.3. The third kappa shape index (κ3) is 8.07. The summed E-state index contributed by atoms with van der Waals surface area (Å²) in [5, 5.41) is 3.10. The Labute approximate surface area is 196 Å². The molecule has 0 aromatic heterocycles. The van der Waals surface area contributed by atoms with Gasteiger partial charge < -0.3 is 19.7 Å². The van der Waals surface area contributed by atoms with Crippen molar-refractivity contribution in [2.45, 2.75) is 63.8 Å². The Morgan fingerprint density at radius 3 is 2.52 bits per heavy atom. The zero-order chi connectivity index (χ0) is 22.1. The number of nitrogens with zero attached hydrogens (tertiary/aromatic N) is 1. The fourth-order valence-electron chi connectivity index (χ4n) is 5.16. The number of piperidine rings is 1. The quantitative estimate of drug-likeness (QED) is 0.506. The maximum Gasteiger partial charge on any atom is 0.246 e. The molecule has 6 heteroatoms. The number of likely N-dealkylation sites (tertiary alicyclic amines) is 1. The third-order valence-electron chi connectivity index (χ3n) is 7.04. The second-order valence-corrected chi connectivity index (χ2v) is 10.2. The molecule has 0 spiro atoms. The van der Waals surface area contributed by atoms with E-state index in [1.165, 1.54) is 68.2 Å². The van der Waals surface area contributed by atoms with Gasteiger partial charge in [0.25, 0.3) is 0 Å². The Hall–Kier alpha value is -1.11. The summed E-state index contributed by atoms with van der Waals surface area (Å²) in [5.41, 5.74) is 1.37. The largest absolute Gasteiger partial charge is 0.497 e. The van der Waals surface area contributed by atoms with Crippen molar-refractivity contribution < 1.29 is 14.3 Å². The maximum atomic E-state index is 11.7. The molecule has 31 heavy (non-hydrogen) atoms. The second kappa shape index (κ2) is 12.8.